The number of carbonyl (C=O) groups is 3. The monoisotopic (exact) mass is 591 g/mol. The molecule has 5 rings (SSSR count). The van der Waals surface area contributed by atoms with Gasteiger partial charge in [0.2, 0.25) is 5.88 Å². The van der Waals surface area contributed by atoms with Crippen molar-refractivity contribution in [3.05, 3.63) is 63.9 Å². The van der Waals surface area contributed by atoms with Crippen molar-refractivity contribution in [2.24, 2.45) is 0 Å². The Morgan fingerprint density at radius 1 is 1.14 bits per heavy atom. The fourth-order valence-corrected chi connectivity index (χ4v) is 4.50. The van der Waals surface area contributed by atoms with Crippen LogP contribution in [0.25, 0.3) is 5.82 Å². The third kappa shape index (κ3) is 6.47. The fraction of sp³-hybridized carbons (Fsp3) is 0.379. The van der Waals surface area contributed by atoms with Gasteiger partial charge in [-0.2, -0.15) is 5.26 Å². The lowest BCUT2D eigenvalue weighted by molar-refractivity contribution is -0.0233. The number of likely N-dealkylation sites (tertiary alicyclic amines) is 1. The van der Waals surface area contributed by atoms with E-state index in [1.165, 1.54) is 27.9 Å². The van der Waals surface area contributed by atoms with Gasteiger partial charge in [0.05, 0.1) is 41.0 Å². The van der Waals surface area contributed by atoms with Crippen LogP contribution in [0.2, 0.25) is 5.02 Å². The third-order valence-corrected chi connectivity index (χ3v) is 6.80. The first kappa shape index (κ1) is 28.9. The molecule has 3 aromatic rings. The number of hydrogen-bond donors (Lipinski definition) is 2. The smallest absolute Gasteiger partial charge is 0.410 e. The summed E-state index contributed by atoms with van der Waals surface area (Å²) in [6.07, 6.45) is 2.48. The van der Waals surface area contributed by atoms with Crippen molar-refractivity contribution in [3.8, 4) is 17.8 Å². The van der Waals surface area contributed by atoms with Crippen molar-refractivity contribution >= 4 is 35.2 Å². The molecule has 12 nitrogen and oxygen atoms in total. The highest BCUT2D eigenvalue weighted by Crippen LogP contribution is 2.29. The van der Waals surface area contributed by atoms with Gasteiger partial charge in [0.1, 0.15) is 17.4 Å². The van der Waals surface area contributed by atoms with E-state index in [0.717, 1.165) is 12.8 Å². The SMILES string of the molecule is Cc1cc(C#N)cc(C(=O)NC2CC2)c1NC(=O)c1cc(OC2CN(C(=O)OC(C)(C)C)C2)nn1-c1ncccc1Cl. The zero-order valence-corrected chi connectivity index (χ0v) is 24.4. The van der Waals surface area contributed by atoms with Crippen LogP contribution in [0, 0.1) is 18.3 Å². The van der Waals surface area contributed by atoms with Crippen molar-refractivity contribution < 1.29 is 23.9 Å². The highest BCUT2D eigenvalue weighted by molar-refractivity contribution is 6.32. The molecule has 2 aromatic heterocycles. The first-order valence-corrected chi connectivity index (χ1v) is 13.8. The number of anilines is 1. The molecule has 0 bridgehead atoms. The van der Waals surface area contributed by atoms with Crippen molar-refractivity contribution in [1.29, 1.82) is 5.26 Å². The van der Waals surface area contributed by atoms with Gasteiger partial charge in [-0.1, -0.05) is 11.6 Å². The van der Waals surface area contributed by atoms with Crippen molar-refractivity contribution in [2.45, 2.75) is 58.3 Å². The van der Waals surface area contributed by atoms with Crippen molar-refractivity contribution in [1.82, 2.24) is 25.0 Å². The van der Waals surface area contributed by atoms with E-state index in [-0.39, 0.29) is 64.8 Å². The summed E-state index contributed by atoms with van der Waals surface area (Å²) in [5.41, 5.74) is 0.726. The maximum Gasteiger partial charge on any atom is 0.410 e. The number of nitriles is 1. The first-order chi connectivity index (χ1) is 19.9. The molecule has 0 atom stereocenters. The zero-order chi connectivity index (χ0) is 30.2. The van der Waals surface area contributed by atoms with Crippen LogP contribution in [0.4, 0.5) is 10.5 Å². The van der Waals surface area contributed by atoms with E-state index in [1.54, 1.807) is 45.9 Å². The standard InChI is InChI=1S/C29H30ClN7O5/c1-16-10-17(13-31)11-20(26(38)33-18-7-8-18)24(16)34-27(39)22-12-23(35-37(22)25-21(30)6-5-9-32-25)41-19-14-36(15-19)28(40)42-29(2,3)4/h5-6,9-12,18-19H,7-8,14-15H2,1-4H3,(H,33,38)(H,34,39). The Hall–Kier alpha value is -4.63. The van der Waals surface area contributed by atoms with Crippen LogP contribution in [0.1, 0.15) is 65.6 Å². The highest BCUT2D eigenvalue weighted by Gasteiger charge is 2.36. The van der Waals surface area contributed by atoms with E-state index >= 15 is 0 Å². The Balaban J connectivity index is 1.41. The molecular weight excluding hydrogens is 562 g/mol. The number of benzene rings is 1. The molecule has 13 heteroatoms. The molecule has 0 unspecified atom stereocenters. The molecule has 2 aliphatic rings. The van der Waals surface area contributed by atoms with Crippen LogP contribution in [-0.4, -0.2) is 68.4 Å². The van der Waals surface area contributed by atoms with Gasteiger partial charge in [-0.05, 0) is 70.4 Å². The summed E-state index contributed by atoms with van der Waals surface area (Å²) < 4.78 is 12.6. The Kier molecular flexibility index (Phi) is 7.79. The predicted octanol–water partition coefficient (Wildman–Crippen LogP) is 4.24. The quantitative estimate of drug-likeness (QED) is 0.414. The van der Waals surface area contributed by atoms with Crippen LogP contribution in [0.3, 0.4) is 0 Å². The van der Waals surface area contributed by atoms with Gasteiger partial charge in [0.25, 0.3) is 11.8 Å². The summed E-state index contributed by atoms with van der Waals surface area (Å²) in [6, 6.07) is 9.89. The van der Waals surface area contributed by atoms with Gasteiger partial charge in [0.15, 0.2) is 5.82 Å². The minimum atomic E-state index is -0.613. The number of aryl methyl sites for hydroxylation is 1. The number of nitrogens with zero attached hydrogens (tertiary/aromatic N) is 5. The minimum Gasteiger partial charge on any atom is -0.469 e. The summed E-state index contributed by atoms with van der Waals surface area (Å²) in [5.74, 6) is -0.653. The Morgan fingerprint density at radius 2 is 1.88 bits per heavy atom. The van der Waals surface area contributed by atoms with Crippen molar-refractivity contribution in [2.75, 3.05) is 18.4 Å². The molecule has 1 aromatic carbocycles. The Bertz CT molecular complexity index is 1600. The van der Waals surface area contributed by atoms with Gasteiger partial charge in [-0.3, -0.25) is 9.59 Å². The molecular formula is C29H30ClN7O5. The lowest BCUT2D eigenvalue weighted by Crippen LogP contribution is -2.57. The van der Waals surface area contributed by atoms with Gasteiger partial charge in [0, 0.05) is 18.3 Å². The van der Waals surface area contributed by atoms with Crippen LogP contribution in [-0.2, 0) is 4.74 Å². The number of aromatic nitrogens is 3. The first-order valence-electron chi connectivity index (χ1n) is 13.4. The third-order valence-electron chi connectivity index (χ3n) is 6.51. The average Bonchev–Trinajstić information content (AvgIpc) is 3.61. The lowest BCUT2D eigenvalue weighted by atomic mass is 10.0. The number of carbonyl (C=O) groups excluding carboxylic acids is 3. The van der Waals surface area contributed by atoms with E-state index in [1.807, 2.05) is 0 Å². The van der Waals surface area contributed by atoms with E-state index in [0.29, 0.717) is 11.1 Å². The largest absolute Gasteiger partial charge is 0.469 e. The molecule has 0 radical (unpaired) electrons. The normalized spacial score (nSPS) is 14.9. The fourth-order valence-electron chi connectivity index (χ4n) is 4.30. The van der Waals surface area contributed by atoms with E-state index < -0.39 is 17.6 Å². The number of amides is 3. The van der Waals surface area contributed by atoms with Crippen LogP contribution >= 0.6 is 11.6 Å². The summed E-state index contributed by atoms with van der Waals surface area (Å²) in [6.45, 7) is 7.67. The second-order valence-electron chi connectivity index (χ2n) is 11.2. The molecule has 218 valence electrons. The molecule has 1 saturated heterocycles. The maximum absolute atomic E-state index is 13.7. The topological polar surface area (TPSA) is 151 Å². The summed E-state index contributed by atoms with van der Waals surface area (Å²) in [4.78, 5) is 44.8. The summed E-state index contributed by atoms with van der Waals surface area (Å²) >= 11 is 6.40. The number of nitrogens with one attached hydrogen (secondary N) is 2. The Morgan fingerprint density at radius 3 is 2.52 bits per heavy atom. The predicted molar refractivity (Wildman–Crippen MR) is 153 cm³/mol. The van der Waals surface area contributed by atoms with Crippen molar-refractivity contribution in [3.63, 3.8) is 0 Å². The molecule has 1 saturated carbocycles. The van der Waals surface area contributed by atoms with Gasteiger partial charge in [-0.25, -0.2) is 14.5 Å². The zero-order valence-electron chi connectivity index (χ0n) is 23.6. The number of halogens is 1. The molecule has 1 aliphatic carbocycles. The van der Waals surface area contributed by atoms with Gasteiger partial charge < -0.3 is 25.0 Å². The second kappa shape index (κ2) is 11.3. The van der Waals surface area contributed by atoms with Crippen LogP contribution in [0.5, 0.6) is 5.88 Å². The number of hydrogen-bond acceptors (Lipinski definition) is 8. The second-order valence-corrected chi connectivity index (χ2v) is 11.7. The molecule has 2 fully saturated rings. The van der Waals surface area contributed by atoms with E-state index in [4.69, 9.17) is 21.1 Å². The minimum absolute atomic E-state index is 0.0474. The summed E-state index contributed by atoms with van der Waals surface area (Å²) in [7, 11) is 0. The number of rotatable bonds is 7. The number of pyridine rings is 1. The maximum atomic E-state index is 13.7. The number of ether oxygens (including phenoxy) is 2. The van der Waals surface area contributed by atoms with E-state index in [9.17, 15) is 19.6 Å². The van der Waals surface area contributed by atoms with Crippen LogP contribution < -0.4 is 15.4 Å². The molecule has 0 spiro atoms. The molecule has 42 heavy (non-hydrogen) atoms. The molecule has 3 amide bonds. The van der Waals surface area contributed by atoms with Gasteiger partial charge >= 0.3 is 6.09 Å². The lowest BCUT2D eigenvalue weighted by Gasteiger charge is -2.38. The average molecular weight is 592 g/mol. The van der Waals surface area contributed by atoms with E-state index in [2.05, 4.69) is 26.8 Å². The Labute approximate surface area is 247 Å². The van der Waals surface area contributed by atoms with Crippen LogP contribution in [0.15, 0.2) is 36.5 Å². The summed E-state index contributed by atoms with van der Waals surface area (Å²) in [5, 5.41) is 19.9. The molecule has 3 heterocycles. The highest BCUT2D eigenvalue weighted by atomic mass is 35.5. The molecule has 2 N–H and O–H groups in total. The van der Waals surface area contributed by atoms with Gasteiger partial charge in [-0.15, -0.1) is 5.10 Å². The molecule has 1 aliphatic heterocycles.